The number of aryl methyl sites for hydroxylation is 1. The fourth-order valence-corrected chi connectivity index (χ4v) is 3.51. The average Bonchev–Trinajstić information content (AvgIpc) is 2.60. The van der Waals surface area contributed by atoms with Crippen LogP contribution in [0.5, 0.6) is 0 Å². The van der Waals surface area contributed by atoms with E-state index < -0.39 is 0 Å². The van der Waals surface area contributed by atoms with Gasteiger partial charge in [0.15, 0.2) is 6.54 Å². The lowest BCUT2D eigenvalue weighted by Crippen LogP contribution is -3.10. The number of amides is 1. The third-order valence-corrected chi connectivity index (χ3v) is 4.81. The molecule has 1 amide bonds. The Kier molecular flexibility index (Phi) is 5.26. The number of likely N-dealkylation sites (N-methyl/N-ethyl adjacent to an activating group) is 1. The number of carbonyl (C=O) groups excluding carboxylic acids is 1. The van der Waals surface area contributed by atoms with E-state index in [0.717, 1.165) is 18.4 Å². The van der Waals surface area contributed by atoms with Gasteiger partial charge in [-0.2, -0.15) is 0 Å². The van der Waals surface area contributed by atoms with E-state index in [1.165, 1.54) is 34.6 Å². The second-order valence-electron chi connectivity index (χ2n) is 6.57. The zero-order valence-corrected chi connectivity index (χ0v) is 14.0. The van der Waals surface area contributed by atoms with Gasteiger partial charge in [0.2, 0.25) is 0 Å². The molecule has 3 nitrogen and oxygen atoms in total. The van der Waals surface area contributed by atoms with Gasteiger partial charge in [-0.15, -0.1) is 0 Å². The first-order valence-electron chi connectivity index (χ1n) is 8.55. The Balaban J connectivity index is 1.56. The molecule has 0 fully saturated rings. The Morgan fingerprint density at radius 1 is 1.21 bits per heavy atom. The van der Waals surface area contributed by atoms with E-state index in [1.54, 1.807) is 12.1 Å². The van der Waals surface area contributed by atoms with Crippen molar-refractivity contribution in [3.05, 3.63) is 71.0 Å². The van der Waals surface area contributed by atoms with E-state index in [0.29, 0.717) is 19.1 Å². The number of nitrogens with one attached hydrogen (secondary N) is 2. The molecule has 0 spiro atoms. The number of hydrogen-bond acceptors (Lipinski definition) is 1. The highest BCUT2D eigenvalue weighted by atomic mass is 19.1. The van der Waals surface area contributed by atoms with Crippen LogP contribution in [0.3, 0.4) is 0 Å². The van der Waals surface area contributed by atoms with E-state index in [9.17, 15) is 9.18 Å². The van der Waals surface area contributed by atoms with Crippen LogP contribution in [-0.4, -0.2) is 19.5 Å². The number of fused-ring (bicyclic) bond motifs is 1. The predicted molar refractivity (Wildman–Crippen MR) is 92.1 cm³/mol. The molecule has 0 heterocycles. The van der Waals surface area contributed by atoms with Crippen molar-refractivity contribution in [1.82, 2.24) is 5.32 Å². The second kappa shape index (κ2) is 7.58. The monoisotopic (exact) mass is 327 g/mol. The first-order valence-corrected chi connectivity index (χ1v) is 8.55. The molecule has 0 aromatic heterocycles. The predicted octanol–water partition coefficient (Wildman–Crippen LogP) is 2.03. The lowest BCUT2D eigenvalue weighted by Gasteiger charge is -2.30. The first-order chi connectivity index (χ1) is 11.6. The van der Waals surface area contributed by atoms with Crippen LogP contribution in [0.4, 0.5) is 4.39 Å². The fraction of sp³-hybridized carbons (Fsp3) is 0.350. The number of carbonyl (C=O) groups is 1. The molecule has 2 atom stereocenters. The SMILES string of the molecule is C[NH+](CC(=O)NCc1ccc(F)cc1)[C@@H]1CCCc2ccccc21. The van der Waals surface area contributed by atoms with Crippen molar-refractivity contribution in [3.63, 3.8) is 0 Å². The van der Waals surface area contributed by atoms with Crippen LogP contribution in [0, 0.1) is 5.82 Å². The van der Waals surface area contributed by atoms with Crippen LogP contribution in [0.15, 0.2) is 48.5 Å². The number of quaternary nitrogens is 1. The van der Waals surface area contributed by atoms with E-state index >= 15 is 0 Å². The van der Waals surface area contributed by atoms with Crippen molar-refractivity contribution < 1.29 is 14.1 Å². The maximum absolute atomic E-state index is 12.9. The van der Waals surface area contributed by atoms with Gasteiger partial charge in [-0.1, -0.05) is 36.4 Å². The second-order valence-corrected chi connectivity index (χ2v) is 6.57. The van der Waals surface area contributed by atoms with Gasteiger partial charge >= 0.3 is 0 Å². The Morgan fingerprint density at radius 3 is 2.75 bits per heavy atom. The summed E-state index contributed by atoms with van der Waals surface area (Å²) in [5.74, 6) is -0.231. The summed E-state index contributed by atoms with van der Waals surface area (Å²) in [5, 5.41) is 2.93. The van der Waals surface area contributed by atoms with Gasteiger partial charge in [0.1, 0.15) is 11.9 Å². The molecule has 4 heteroatoms. The molecule has 0 aliphatic heterocycles. The molecule has 2 N–H and O–H groups in total. The van der Waals surface area contributed by atoms with Crippen molar-refractivity contribution in [2.45, 2.75) is 31.8 Å². The standard InChI is InChI=1S/C20H23FN2O/c1-23(19-8-4-6-16-5-2-3-7-18(16)19)14-20(24)22-13-15-9-11-17(21)12-10-15/h2-3,5,7,9-12,19H,4,6,8,13-14H2,1H3,(H,22,24)/p+1/t19-/m1/s1. The van der Waals surface area contributed by atoms with Crippen LogP contribution < -0.4 is 10.2 Å². The molecule has 0 bridgehead atoms. The fourth-order valence-electron chi connectivity index (χ4n) is 3.51. The van der Waals surface area contributed by atoms with Crippen molar-refractivity contribution in [2.75, 3.05) is 13.6 Å². The maximum atomic E-state index is 12.9. The first kappa shape index (κ1) is 16.7. The quantitative estimate of drug-likeness (QED) is 0.866. The van der Waals surface area contributed by atoms with Gasteiger partial charge in [0.25, 0.3) is 5.91 Å². The Bertz CT molecular complexity index is 699. The normalized spacial score (nSPS) is 17.8. The number of benzene rings is 2. The lowest BCUT2D eigenvalue weighted by atomic mass is 9.87. The Morgan fingerprint density at radius 2 is 1.96 bits per heavy atom. The highest BCUT2D eigenvalue weighted by molar-refractivity contribution is 5.76. The van der Waals surface area contributed by atoms with E-state index in [-0.39, 0.29) is 11.7 Å². The lowest BCUT2D eigenvalue weighted by molar-refractivity contribution is -0.905. The summed E-state index contributed by atoms with van der Waals surface area (Å²) in [4.78, 5) is 13.5. The molecule has 2 aromatic carbocycles. The van der Waals surface area contributed by atoms with Crippen molar-refractivity contribution in [1.29, 1.82) is 0 Å². The zero-order chi connectivity index (χ0) is 16.9. The van der Waals surface area contributed by atoms with E-state index in [4.69, 9.17) is 0 Å². The van der Waals surface area contributed by atoms with E-state index in [1.807, 2.05) is 0 Å². The zero-order valence-electron chi connectivity index (χ0n) is 14.0. The average molecular weight is 327 g/mol. The minimum absolute atomic E-state index is 0.0277. The van der Waals surface area contributed by atoms with Crippen LogP contribution in [0.2, 0.25) is 0 Å². The van der Waals surface area contributed by atoms with Crippen LogP contribution in [-0.2, 0) is 17.8 Å². The van der Waals surface area contributed by atoms with Gasteiger partial charge < -0.3 is 10.2 Å². The largest absolute Gasteiger partial charge is 0.347 e. The molecule has 126 valence electrons. The molecule has 3 rings (SSSR count). The van der Waals surface area contributed by atoms with Crippen molar-refractivity contribution >= 4 is 5.91 Å². The summed E-state index contributed by atoms with van der Waals surface area (Å²) >= 11 is 0. The molecule has 0 saturated heterocycles. The molecule has 2 aromatic rings. The molecular weight excluding hydrogens is 303 g/mol. The van der Waals surface area contributed by atoms with Crippen LogP contribution in [0.25, 0.3) is 0 Å². The maximum Gasteiger partial charge on any atom is 0.275 e. The molecule has 0 saturated carbocycles. The minimum Gasteiger partial charge on any atom is -0.347 e. The minimum atomic E-state index is -0.259. The number of halogens is 1. The highest BCUT2D eigenvalue weighted by Crippen LogP contribution is 2.27. The molecule has 24 heavy (non-hydrogen) atoms. The van der Waals surface area contributed by atoms with Gasteiger partial charge in [-0.25, -0.2) is 4.39 Å². The van der Waals surface area contributed by atoms with Crippen LogP contribution >= 0.6 is 0 Å². The summed E-state index contributed by atoms with van der Waals surface area (Å²) in [6.07, 6.45) is 3.43. The summed E-state index contributed by atoms with van der Waals surface area (Å²) in [6, 6.07) is 15.2. The smallest absolute Gasteiger partial charge is 0.275 e. The van der Waals surface area contributed by atoms with Crippen LogP contribution in [0.1, 0.15) is 35.6 Å². The summed E-state index contributed by atoms with van der Waals surface area (Å²) in [7, 11) is 2.09. The number of rotatable bonds is 5. The van der Waals surface area contributed by atoms with Crippen molar-refractivity contribution in [2.24, 2.45) is 0 Å². The summed E-state index contributed by atoms with van der Waals surface area (Å²) < 4.78 is 12.9. The third kappa shape index (κ3) is 4.01. The summed E-state index contributed by atoms with van der Waals surface area (Å²) in [6.45, 7) is 0.883. The van der Waals surface area contributed by atoms with Gasteiger partial charge in [0.05, 0.1) is 7.05 Å². The molecule has 1 aliphatic carbocycles. The number of hydrogen-bond donors (Lipinski definition) is 2. The Hall–Kier alpha value is -2.20. The third-order valence-electron chi connectivity index (χ3n) is 4.81. The van der Waals surface area contributed by atoms with Gasteiger partial charge in [-0.3, -0.25) is 4.79 Å². The molecule has 0 radical (unpaired) electrons. The molecule has 1 unspecified atom stereocenters. The topological polar surface area (TPSA) is 33.5 Å². The van der Waals surface area contributed by atoms with Gasteiger partial charge in [-0.05, 0) is 36.1 Å². The highest BCUT2D eigenvalue weighted by Gasteiger charge is 2.27. The van der Waals surface area contributed by atoms with Gasteiger partial charge in [0, 0.05) is 18.5 Å². The summed E-state index contributed by atoms with van der Waals surface area (Å²) in [5.41, 5.74) is 3.71. The molecule has 1 aliphatic rings. The molecular formula is C20H24FN2O+. The van der Waals surface area contributed by atoms with Crippen molar-refractivity contribution in [3.8, 4) is 0 Å². The van der Waals surface area contributed by atoms with E-state index in [2.05, 4.69) is 36.6 Å². The Labute approximate surface area is 142 Å².